The number of amides is 1. The van der Waals surface area contributed by atoms with E-state index in [4.69, 9.17) is 10.9 Å². The van der Waals surface area contributed by atoms with Gasteiger partial charge in [-0.2, -0.15) is 0 Å². The van der Waals surface area contributed by atoms with Gasteiger partial charge in [-0.05, 0) is 30.1 Å². The van der Waals surface area contributed by atoms with Crippen LogP contribution in [0.3, 0.4) is 0 Å². The van der Waals surface area contributed by atoms with Crippen molar-refractivity contribution < 1.29 is 10.0 Å². The van der Waals surface area contributed by atoms with Crippen LogP contribution in [0.25, 0.3) is 0 Å². The van der Waals surface area contributed by atoms with Gasteiger partial charge in [-0.1, -0.05) is 52.1 Å². The minimum Gasteiger partial charge on any atom is -0.409 e. The number of hydrogen-bond donors (Lipinski definition) is 3. The molecule has 1 amide bonds. The minimum absolute atomic E-state index is 0.0143. The van der Waals surface area contributed by atoms with Gasteiger partial charge in [0.2, 0.25) is 5.91 Å². The zero-order valence-corrected chi connectivity index (χ0v) is 13.9. The van der Waals surface area contributed by atoms with E-state index in [1.54, 1.807) is 0 Å². The molecule has 4 N–H and O–H groups in total. The van der Waals surface area contributed by atoms with E-state index in [-0.39, 0.29) is 35.0 Å². The van der Waals surface area contributed by atoms with Crippen LogP contribution in [0.5, 0.6) is 0 Å². The molecule has 2 atom stereocenters. The number of oxime groups is 1. The first-order valence-corrected chi connectivity index (χ1v) is 8.02. The van der Waals surface area contributed by atoms with Gasteiger partial charge in [0.1, 0.15) is 0 Å². The van der Waals surface area contributed by atoms with Gasteiger partial charge < -0.3 is 16.3 Å². The molecule has 0 saturated heterocycles. The predicted octanol–water partition coefficient (Wildman–Crippen LogP) is 2.87. The number of carbonyl (C=O) groups is 1. The number of nitrogens with two attached hydrogens (primary N) is 1. The van der Waals surface area contributed by atoms with Gasteiger partial charge in [0.05, 0.1) is 6.04 Å². The van der Waals surface area contributed by atoms with Crippen LogP contribution < -0.4 is 11.1 Å². The summed E-state index contributed by atoms with van der Waals surface area (Å²) < 4.78 is 0. The van der Waals surface area contributed by atoms with Gasteiger partial charge in [-0.25, -0.2) is 0 Å². The molecule has 0 aromatic heterocycles. The Morgan fingerprint density at radius 1 is 1.33 bits per heavy atom. The smallest absolute Gasteiger partial charge is 0.220 e. The maximum absolute atomic E-state index is 12.3. The summed E-state index contributed by atoms with van der Waals surface area (Å²) in [6, 6.07) is -0.338. The number of amidine groups is 1. The summed E-state index contributed by atoms with van der Waals surface area (Å²) in [5.74, 6) is 0.665. The number of nitrogens with one attached hydrogen (secondary N) is 1. The van der Waals surface area contributed by atoms with Crippen LogP contribution in [0.4, 0.5) is 0 Å². The average Bonchev–Trinajstić information content (AvgIpc) is 2.43. The van der Waals surface area contributed by atoms with Crippen LogP contribution >= 0.6 is 0 Å². The lowest BCUT2D eigenvalue weighted by atomic mass is 9.79. The zero-order valence-electron chi connectivity index (χ0n) is 13.9. The predicted molar refractivity (Wildman–Crippen MR) is 85.2 cm³/mol. The van der Waals surface area contributed by atoms with E-state index in [0.29, 0.717) is 6.42 Å². The van der Waals surface area contributed by atoms with Crippen LogP contribution in [-0.2, 0) is 4.79 Å². The lowest BCUT2D eigenvalue weighted by Gasteiger charge is -2.31. The van der Waals surface area contributed by atoms with Gasteiger partial charge in [-0.15, -0.1) is 0 Å². The van der Waals surface area contributed by atoms with Crippen LogP contribution in [0.2, 0.25) is 0 Å². The van der Waals surface area contributed by atoms with Gasteiger partial charge in [0.15, 0.2) is 5.84 Å². The first kappa shape index (κ1) is 17.8. The Balaban J connectivity index is 2.66. The van der Waals surface area contributed by atoms with Crippen LogP contribution in [0.1, 0.15) is 66.2 Å². The molecule has 1 saturated carbocycles. The highest BCUT2D eigenvalue weighted by Gasteiger charge is 2.30. The summed E-state index contributed by atoms with van der Waals surface area (Å²) in [6.45, 7) is 8.48. The molecule has 5 heteroatoms. The third kappa shape index (κ3) is 5.56. The summed E-state index contributed by atoms with van der Waals surface area (Å²) >= 11 is 0. The number of nitrogens with zero attached hydrogens (tertiary/aromatic N) is 1. The van der Waals surface area contributed by atoms with Crippen molar-refractivity contribution in [1.82, 2.24) is 5.32 Å². The van der Waals surface area contributed by atoms with Crippen molar-refractivity contribution in [2.45, 2.75) is 72.3 Å². The number of rotatable bonds is 5. The highest BCUT2D eigenvalue weighted by molar-refractivity contribution is 5.90. The molecule has 0 spiro atoms. The van der Waals surface area contributed by atoms with Crippen molar-refractivity contribution in [3.8, 4) is 0 Å². The van der Waals surface area contributed by atoms with Crippen molar-refractivity contribution in [3.05, 3.63) is 0 Å². The molecule has 122 valence electrons. The Morgan fingerprint density at radius 3 is 2.38 bits per heavy atom. The fraction of sp³-hybridized carbons (Fsp3) is 0.875. The Kier molecular flexibility index (Phi) is 6.49. The van der Waals surface area contributed by atoms with Gasteiger partial charge in [0, 0.05) is 6.42 Å². The number of carbonyl (C=O) groups excluding carboxylic acids is 1. The van der Waals surface area contributed by atoms with Crippen LogP contribution in [0, 0.1) is 17.3 Å². The van der Waals surface area contributed by atoms with Gasteiger partial charge in [0.25, 0.3) is 0 Å². The molecule has 0 aromatic carbocycles. The standard InChI is InChI=1S/C16H31N3O2/c1-11(16(2,3)4)10-13(20)18-14(15(17)19-21)12-8-6-5-7-9-12/h11-12,14,21H,5-10H2,1-4H3,(H2,17,19)(H,18,20). The molecule has 0 aromatic rings. The Labute approximate surface area is 128 Å². The quantitative estimate of drug-likeness (QED) is 0.315. The van der Waals surface area contributed by atoms with Crippen molar-refractivity contribution in [2.24, 2.45) is 28.1 Å². The SMILES string of the molecule is CC(CC(=O)NC(C(N)=NO)C1CCCCC1)C(C)(C)C. The molecule has 0 aliphatic heterocycles. The van der Waals surface area contributed by atoms with Crippen molar-refractivity contribution in [3.63, 3.8) is 0 Å². The topological polar surface area (TPSA) is 87.7 Å². The molecular weight excluding hydrogens is 266 g/mol. The van der Waals surface area contributed by atoms with E-state index < -0.39 is 0 Å². The molecule has 1 aliphatic carbocycles. The third-order valence-corrected chi connectivity index (χ3v) is 4.84. The van der Waals surface area contributed by atoms with Gasteiger partial charge in [-0.3, -0.25) is 4.79 Å². The largest absolute Gasteiger partial charge is 0.409 e. The van der Waals surface area contributed by atoms with Crippen molar-refractivity contribution in [2.75, 3.05) is 0 Å². The third-order valence-electron chi connectivity index (χ3n) is 4.84. The summed E-state index contributed by atoms with van der Waals surface area (Å²) in [7, 11) is 0. The maximum atomic E-state index is 12.3. The van der Waals surface area contributed by atoms with Crippen molar-refractivity contribution >= 4 is 11.7 Å². The highest BCUT2D eigenvalue weighted by Crippen LogP contribution is 2.29. The fourth-order valence-corrected chi connectivity index (χ4v) is 2.78. The van der Waals surface area contributed by atoms with E-state index in [0.717, 1.165) is 25.7 Å². The summed E-state index contributed by atoms with van der Waals surface area (Å²) in [5.41, 5.74) is 5.89. The normalized spacial score (nSPS) is 20.9. The Hall–Kier alpha value is -1.26. The summed E-state index contributed by atoms with van der Waals surface area (Å²) in [4.78, 5) is 12.3. The van der Waals surface area contributed by atoms with E-state index >= 15 is 0 Å². The van der Waals surface area contributed by atoms with E-state index in [2.05, 4.69) is 38.2 Å². The summed E-state index contributed by atoms with van der Waals surface area (Å²) in [5, 5.41) is 15.1. The second-order valence-electron chi connectivity index (χ2n) is 7.44. The summed E-state index contributed by atoms with van der Waals surface area (Å²) in [6.07, 6.45) is 6.04. The Morgan fingerprint density at radius 2 is 1.90 bits per heavy atom. The molecular formula is C16H31N3O2. The molecule has 0 bridgehead atoms. The maximum Gasteiger partial charge on any atom is 0.220 e. The van der Waals surface area contributed by atoms with Crippen LogP contribution in [0.15, 0.2) is 5.16 Å². The second-order valence-corrected chi connectivity index (χ2v) is 7.44. The Bertz CT molecular complexity index is 368. The molecule has 5 nitrogen and oxygen atoms in total. The van der Waals surface area contributed by atoms with E-state index in [9.17, 15) is 4.79 Å². The molecule has 21 heavy (non-hydrogen) atoms. The highest BCUT2D eigenvalue weighted by atomic mass is 16.4. The lowest BCUT2D eigenvalue weighted by Crippen LogP contribution is -2.50. The van der Waals surface area contributed by atoms with E-state index in [1.807, 2.05) is 0 Å². The first-order chi connectivity index (χ1) is 9.75. The molecule has 0 radical (unpaired) electrons. The lowest BCUT2D eigenvalue weighted by molar-refractivity contribution is -0.123. The monoisotopic (exact) mass is 297 g/mol. The van der Waals surface area contributed by atoms with E-state index in [1.165, 1.54) is 6.42 Å². The molecule has 1 aliphatic rings. The first-order valence-electron chi connectivity index (χ1n) is 8.02. The van der Waals surface area contributed by atoms with Crippen LogP contribution in [-0.4, -0.2) is 23.0 Å². The number of hydrogen-bond acceptors (Lipinski definition) is 3. The molecule has 2 unspecified atom stereocenters. The zero-order chi connectivity index (χ0) is 16.0. The minimum atomic E-state index is -0.338. The van der Waals surface area contributed by atoms with Gasteiger partial charge >= 0.3 is 0 Å². The molecule has 1 rings (SSSR count). The molecule has 0 heterocycles. The molecule has 1 fully saturated rings. The second kappa shape index (κ2) is 7.66. The fourth-order valence-electron chi connectivity index (χ4n) is 2.78. The van der Waals surface area contributed by atoms with Crippen molar-refractivity contribution in [1.29, 1.82) is 0 Å². The average molecular weight is 297 g/mol.